The van der Waals surface area contributed by atoms with Crippen LogP contribution in [-0.4, -0.2) is 53.7 Å². The minimum atomic E-state index is -0.167. The number of aromatic nitrogens is 2. The number of carbonyl (C=O) groups is 1. The van der Waals surface area contributed by atoms with Crippen LogP contribution in [-0.2, 0) is 0 Å². The van der Waals surface area contributed by atoms with Gasteiger partial charge < -0.3 is 15.5 Å². The van der Waals surface area contributed by atoms with Crippen molar-refractivity contribution < 1.29 is 4.79 Å². The lowest BCUT2D eigenvalue weighted by Crippen LogP contribution is -2.34. The number of nitrogens with zero attached hydrogens (tertiary/aromatic N) is 3. The van der Waals surface area contributed by atoms with Crippen LogP contribution in [0.2, 0.25) is 0 Å². The number of hydrogen-bond acceptors (Lipinski definition) is 5. The first-order chi connectivity index (χ1) is 9.20. The maximum Gasteiger partial charge on any atom is 0.271 e. The molecule has 1 amide bonds. The summed E-state index contributed by atoms with van der Waals surface area (Å²) in [5.74, 6) is 0.521. The van der Waals surface area contributed by atoms with E-state index in [4.69, 9.17) is 0 Å². The van der Waals surface area contributed by atoms with Gasteiger partial charge in [-0.2, -0.15) is 0 Å². The highest BCUT2D eigenvalue weighted by molar-refractivity contribution is 5.92. The minimum Gasteiger partial charge on any atom is -0.369 e. The van der Waals surface area contributed by atoms with Crippen molar-refractivity contribution >= 4 is 11.7 Å². The lowest BCUT2D eigenvalue weighted by Gasteiger charge is -2.15. The van der Waals surface area contributed by atoms with Crippen LogP contribution in [0, 0.1) is 0 Å². The zero-order valence-electron chi connectivity index (χ0n) is 11.5. The van der Waals surface area contributed by atoms with Gasteiger partial charge in [0.2, 0.25) is 0 Å². The van der Waals surface area contributed by atoms with Crippen LogP contribution in [0.15, 0.2) is 12.1 Å². The van der Waals surface area contributed by atoms with E-state index in [-0.39, 0.29) is 5.91 Å². The second kappa shape index (κ2) is 6.47. The highest BCUT2D eigenvalue weighted by Gasteiger charge is 2.25. The molecule has 0 unspecified atom stereocenters. The SMILES string of the molecule is CCNc1ccc(C(=O)NCCN(C)C2CC2)nn1. The quantitative estimate of drug-likeness (QED) is 0.759. The second-order valence-electron chi connectivity index (χ2n) is 4.80. The van der Waals surface area contributed by atoms with Crippen molar-refractivity contribution in [2.45, 2.75) is 25.8 Å². The summed E-state index contributed by atoms with van der Waals surface area (Å²) in [6.45, 7) is 4.29. The van der Waals surface area contributed by atoms with Crippen LogP contribution >= 0.6 is 0 Å². The summed E-state index contributed by atoms with van der Waals surface area (Å²) < 4.78 is 0. The molecule has 19 heavy (non-hydrogen) atoms. The van der Waals surface area contributed by atoms with Gasteiger partial charge in [0, 0.05) is 25.7 Å². The molecule has 0 aliphatic heterocycles. The summed E-state index contributed by atoms with van der Waals surface area (Å²) >= 11 is 0. The predicted molar refractivity (Wildman–Crippen MR) is 74.2 cm³/mol. The van der Waals surface area contributed by atoms with E-state index in [1.165, 1.54) is 12.8 Å². The van der Waals surface area contributed by atoms with E-state index in [0.717, 1.165) is 19.1 Å². The summed E-state index contributed by atoms with van der Waals surface area (Å²) in [4.78, 5) is 14.1. The molecule has 0 atom stereocenters. The normalized spacial score (nSPS) is 14.5. The lowest BCUT2D eigenvalue weighted by molar-refractivity contribution is 0.0943. The number of anilines is 1. The number of nitrogens with one attached hydrogen (secondary N) is 2. The van der Waals surface area contributed by atoms with Gasteiger partial charge in [-0.1, -0.05) is 0 Å². The Morgan fingerprint density at radius 1 is 1.42 bits per heavy atom. The van der Waals surface area contributed by atoms with Gasteiger partial charge in [0.1, 0.15) is 5.82 Å². The Morgan fingerprint density at radius 3 is 2.79 bits per heavy atom. The average molecular weight is 263 g/mol. The molecule has 1 heterocycles. The van der Waals surface area contributed by atoms with Crippen LogP contribution in [0.5, 0.6) is 0 Å². The number of rotatable bonds is 7. The monoisotopic (exact) mass is 263 g/mol. The highest BCUT2D eigenvalue weighted by atomic mass is 16.1. The van der Waals surface area contributed by atoms with Crippen LogP contribution in [0.1, 0.15) is 30.3 Å². The Labute approximate surface area is 113 Å². The number of hydrogen-bond donors (Lipinski definition) is 2. The summed E-state index contributed by atoms with van der Waals surface area (Å²) in [6.07, 6.45) is 2.56. The molecule has 6 nitrogen and oxygen atoms in total. The molecule has 0 radical (unpaired) electrons. The smallest absolute Gasteiger partial charge is 0.271 e. The Kier molecular flexibility index (Phi) is 4.68. The summed E-state index contributed by atoms with van der Waals surface area (Å²) in [7, 11) is 2.09. The van der Waals surface area contributed by atoms with Crippen molar-refractivity contribution in [2.24, 2.45) is 0 Å². The molecule has 2 N–H and O–H groups in total. The van der Waals surface area contributed by atoms with Crippen molar-refractivity contribution in [3.05, 3.63) is 17.8 Å². The molecule has 1 saturated carbocycles. The molecule has 6 heteroatoms. The molecule has 1 aliphatic rings. The molecular formula is C13H21N5O. The van der Waals surface area contributed by atoms with E-state index < -0.39 is 0 Å². The molecule has 1 aromatic heterocycles. The third kappa shape index (κ3) is 4.17. The summed E-state index contributed by atoms with van der Waals surface area (Å²) in [5.41, 5.74) is 0.357. The predicted octanol–water partition coefficient (Wildman–Crippen LogP) is 0.732. The Bertz CT molecular complexity index is 416. The molecule has 1 fully saturated rings. The fourth-order valence-electron chi connectivity index (χ4n) is 1.86. The van der Waals surface area contributed by atoms with Gasteiger partial charge >= 0.3 is 0 Å². The first-order valence-electron chi connectivity index (χ1n) is 6.76. The van der Waals surface area contributed by atoms with Crippen LogP contribution in [0.25, 0.3) is 0 Å². The standard InChI is InChI=1S/C13H21N5O/c1-3-14-12-7-6-11(16-17-12)13(19)15-8-9-18(2)10-4-5-10/h6-7,10H,3-5,8-9H2,1-2H3,(H,14,17)(H,15,19). The van der Waals surface area contributed by atoms with E-state index in [1.807, 2.05) is 6.92 Å². The van der Waals surface area contributed by atoms with Gasteiger partial charge in [-0.3, -0.25) is 4.79 Å². The Hall–Kier alpha value is -1.69. The number of likely N-dealkylation sites (N-methyl/N-ethyl adjacent to an activating group) is 1. The average Bonchev–Trinajstić information content (AvgIpc) is 3.24. The first kappa shape index (κ1) is 13.7. The molecule has 1 aliphatic carbocycles. The van der Waals surface area contributed by atoms with Gasteiger partial charge in [-0.25, -0.2) is 0 Å². The second-order valence-corrected chi connectivity index (χ2v) is 4.80. The van der Waals surface area contributed by atoms with E-state index in [0.29, 0.717) is 18.1 Å². The molecule has 1 aromatic rings. The van der Waals surface area contributed by atoms with E-state index >= 15 is 0 Å². The van der Waals surface area contributed by atoms with Crippen LogP contribution in [0.4, 0.5) is 5.82 Å². The summed E-state index contributed by atoms with van der Waals surface area (Å²) in [6, 6.07) is 4.17. The van der Waals surface area contributed by atoms with E-state index in [2.05, 4.69) is 32.8 Å². The first-order valence-corrected chi connectivity index (χ1v) is 6.76. The molecule has 2 rings (SSSR count). The Morgan fingerprint density at radius 2 is 2.21 bits per heavy atom. The van der Waals surface area contributed by atoms with Gasteiger partial charge in [0.15, 0.2) is 5.69 Å². The van der Waals surface area contributed by atoms with Crippen molar-refractivity contribution in [3.63, 3.8) is 0 Å². The molecule has 0 aromatic carbocycles. The van der Waals surface area contributed by atoms with Gasteiger partial charge in [-0.15, -0.1) is 10.2 Å². The molecule has 0 saturated heterocycles. The van der Waals surface area contributed by atoms with Gasteiger partial charge in [-0.05, 0) is 38.9 Å². The fourth-order valence-corrected chi connectivity index (χ4v) is 1.86. The van der Waals surface area contributed by atoms with E-state index in [9.17, 15) is 4.79 Å². The maximum absolute atomic E-state index is 11.8. The van der Waals surface area contributed by atoms with Crippen LogP contribution < -0.4 is 10.6 Å². The largest absolute Gasteiger partial charge is 0.369 e. The van der Waals surface area contributed by atoms with Crippen molar-refractivity contribution in [2.75, 3.05) is 32.0 Å². The highest BCUT2D eigenvalue weighted by Crippen LogP contribution is 2.24. The number of carbonyl (C=O) groups excluding carboxylic acids is 1. The number of amides is 1. The summed E-state index contributed by atoms with van der Waals surface area (Å²) in [5, 5.41) is 13.7. The van der Waals surface area contributed by atoms with Crippen molar-refractivity contribution in [1.82, 2.24) is 20.4 Å². The fraction of sp³-hybridized carbons (Fsp3) is 0.615. The third-order valence-electron chi connectivity index (χ3n) is 3.18. The van der Waals surface area contributed by atoms with Crippen molar-refractivity contribution in [1.29, 1.82) is 0 Å². The molecule has 0 bridgehead atoms. The van der Waals surface area contributed by atoms with Gasteiger partial charge in [0.05, 0.1) is 0 Å². The zero-order chi connectivity index (χ0) is 13.7. The van der Waals surface area contributed by atoms with Crippen molar-refractivity contribution in [3.8, 4) is 0 Å². The molecular weight excluding hydrogens is 242 g/mol. The zero-order valence-corrected chi connectivity index (χ0v) is 11.5. The maximum atomic E-state index is 11.8. The van der Waals surface area contributed by atoms with Crippen LogP contribution in [0.3, 0.4) is 0 Å². The minimum absolute atomic E-state index is 0.167. The van der Waals surface area contributed by atoms with E-state index in [1.54, 1.807) is 12.1 Å². The Balaban J connectivity index is 1.75. The molecule has 104 valence electrons. The van der Waals surface area contributed by atoms with Gasteiger partial charge in [0.25, 0.3) is 5.91 Å². The topological polar surface area (TPSA) is 70.2 Å². The third-order valence-corrected chi connectivity index (χ3v) is 3.18. The molecule has 0 spiro atoms. The lowest BCUT2D eigenvalue weighted by atomic mass is 10.3.